The highest BCUT2D eigenvalue weighted by Gasteiger charge is 2.50. The van der Waals surface area contributed by atoms with Gasteiger partial charge in [-0.2, -0.15) is 5.26 Å². The van der Waals surface area contributed by atoms with Crippen LogP contribution in [0.25, 0.3) is 0 Å². The van der Waals surface area contributed by atoms with Crippen LogP contribution in [0.1, 0.15) is 62.7 Å². The number of benzene rings is 2. The lowest BCUT2D eigenvalue weighted by molar-refractivity contribution is 0.0352. The highest BCUT2D eigenvalue weighted by molar-refractivity contribution is 6.69. The zero-order valence-corrected chi connectivity index (χ0v) is 20.0. The van der Waals surface area contributed by atoms with E-state index >= 15 is 0 Å². The number of carbonyl (C=O) groups excluding carboxylic acids is 2. The molecule has 0 saturated heterocycles. The van der Waals surface area contributed by atoms with Gasteiger partial charge in [-0.3, -0.25) is 9.59 Å². The second kappa shape index (κ2) is 7.57. The number of hydrogen-bond donors (Lipinski definition) is 1. The molecule has 166 valence electrons. The van der Waals surface area contributed by atoms with Gasteiger partial charge < -0.3 is 14.3 Å². The van der Waals surface area contributed by atoms with Crippen LogP contribution in [0.5, 0.6) is 11.5 Å². The monoisotopic (exact) mass is 449 g/mol. The molecule has 2 aliphatic rings. The normalized spacial score (nSPS) is 21.9. The van der Waals surface area contributed by atoms with Crippen LogP contribution in [0.2, 0.25) is 19.6 Å². The van der Waals surface area contributed by atoms with Crippen LogP contribution in [-0.4, -0.2) is 32.1 Å². The largest absolute Gasteiger partial charge is 0.507 e. The molecule has 0 aromatic heterocycles. The van der Waals surface area contributed by atoms with Gasteiger partial charge in [-0.15, -0.1) is 0 Å². The molecule has 0 fully saturated rings. The number of phenols is 1. The molecule has 0 bridgehead atoms. The van der Waals surface area contributed by atoms with E-state index in [2.05, 4.69) is 6.07 Å². The molecule has 2 aromatic carbocycles. The first-order valence-corrected chi connectivity index (χ1v) is 14.3. The summed E-state index contributed by atoms with van der Waals surface area (Å²) >= 11 is 0. The zero-order chi connectivity index (χ0) is 23.4. The van der Waals surface area contributed by atoms with E-state index in [9.17, 15) is 20.0 Å². The van der Waals surface area contributed by atoms with Gasteiger partial charge >= 0.3 is 0 Å². The van der Waals surface area contributed by atoms with E-state index in [1.807, 2.05) is 26.6 Å². The second-order valence-electron chi connectivity index (χ2n) is 9.42. The molecule has 2 atom stereocenters. The maximum absolute atomic E-state index is 13.5. The predicted octanol–water partition coefficient (Wildman–Crippen LogP) is 4.72. The minimum atomic E-state index is -2.19. The Morgan fingerprint density at radius 2 is 1.91 bits per heavy atom. The van der Waals surface area contributed by atoms with E-state index in [4.69, 9.17) is 9.16 Å². The first-order valence-electron chi connectivity index (χ1n) is 10.9. The molecule has 0 radical (unpaired) electrons. The van der Waals surface area contributed by atoms with Crippen LogP contribution in [-0.2, 0) is 16.4 Å². The summed E-state index contributed by atoms with van der Waals surface area (Å²) in [6, 6.07) is 8.91. The van der Waals surface area contributed by atoms with Gasteiger partial charge in [0.15, 0.2) is 19.7 Å². The van der Waals surface area contributed by atoms with Crippen molar-refractivity contribution in [2.75, 3.05) is 7.11 Å². The van der Waals surface area contributed by atoms with Gasteiger partial charge in [0, 0.05) is 28.2 Å². The Hall–Kier alpha value is -2.95. The minimum Gasteiger partial charge on any atom is -0.507 e. The molecule has 1 unspecified atom stereocenters. The fourth-order valence-electron chi connectivity index (χ4n) is 5.13. The molecule has 7 heteroatoms. The smallest absolute Gasteiger partial charge is 0.201 e. The molecule has 32 heavy (non-hydrogen) atoms. The van der Waals surface area contributed by atoms with Crippen LogP contribution >= 0.6 is 0 Å². The fourth-order valence-corrected chi connectivity index (χ4v) is 6.41. The Labute approximate surface area is 188 Å². The van der Waals surface area contributed by atoms with Gasteiger partial charge in [0.05, 0.1) is 18.2 Å². The number of fused-ring (bicyclic) bond motifs is 3. The third kappa shape index (κ3) is 3.09. The first-order chi connectivity index (χ1) is 15.1. The van der Waals surface area contributed by atoms with Crippen LogP contribution in [0.3, 0.4) is 0 Å². The van der Waals surface area contributed by atoms with Crippen LogP contribution in [0.4, 0.5) is 0 Å². The van der Waals surface area contributed by atoms with Gasteiger partial charge in [-0.25, -0.2) is 0 Å². The van der Waals surface area contributed by atoms with Crippen molar-refractivity contribution in [3.63, 3.8) is 0 Å². The molecule has 0 aliphatic heterocycles. The third-order valence-electron chi connectivity index (χ3n) is 6.44. The molecule has 0 spiro atoms. The highest BCUT2D eigenvalue weighted by Crippen LogP contribution is 2.50. The quantitative estimate of drug-likeness (QED) is 0.579. The summed E-state index contributed by atoms with van der Waals surface area (Å²) in [5.41, 5.74) is 0.268. The number of ether oxygens (including phenoxy) is 1. The Morgan fingerprint density at radius 3 is 2.50 bits per heavy atom. The lowest BCUT2D eigenvalue weighted by Gasteiger charge is -2.44. The van der Waals surface area contributed by atoms with Crippen molar-refractivity contribution in [2.45, 2.75) is 51.4 Å². The first kappa shape index (κ1) is 22.2. The van der Waals surface area contributed by atoms with Gasteiger partial charge in [0.1, 0.15) is 17.6 Å². The summed E-state index contributed by atoms with van der Waals surface area (Å²) in [5.74, 6) is -0.821. The standard InChI is InChI=1S/C25H27NO5Si/c1-6-14-10-11-15-18(25(14,13-26)31-32(3,4)5)12-17-21(23(15)28)24(29)20-16(22(17)27)8-7-9-19(20)30-2/h7-9,12,14,28H,6,10-11H2,1-5H3/t14-,25?/m1/s1. The zero-order valence-electron chi connectivity index (χ0n) is 19.0. The fraction of sp³-hybridized carbons (Fsp3) is 0.400. The average molecular weight is 450 g/mol. The topological polar surface area (TPSA) is 96.6 Å². The summed E-state index contributed by atoms with van der Waals surface area (Å²) in [6.07, 6.45) is 1.88. The van der Waals surface area contributed by atoms with Gasteiger partial charge in [-0.1, -0.05) is 19.1 Å². The predicted molar refractivity (Wildman–Crippen MR) is 122 cm³/mol. The Bertz CT molecular complexity index is 1190. The number of nitriles is 1. The van der Waals surface area contributed by atoms with Crippen LogP contribution in [0.15, 0.2) is 24.3 Å². The Morgan fingerprint density at radius 1 is 1.19 bits per heavy atom. The van der Waals surface area contributed by atoms with Crippen molar-refractivity contribution >= 4 is 19.9 Å². The number of ketones is 2. The molecule has 0 amide bonds. The van der Waals surface area contributed by atoms with Crippen molar-refractivity contribution in [1.82, 2.24) is 0 Å². The lowest BCUT2D eigenvalue weighted by Crippen LogP contribution is -2.47. The molecule has 1 N–H and O–H groups in total. The molecule has 2 aromatic rings. The van der Waals surface area contributed by atoms with Crippen molar-refractivity contribution in [2.24, 2.45) is 5.92 Å². The van der Waals surface area contributed by atoms with E-state index in [1.165, 1.54) is 7.11 Å². The van der Waals surface area contributed by atoms with Crippen molar-refractivity contribution in [1.29, 1.82) is 5.26 Å². The van der Waals surface area contributed by atoms with Crippen LogP contribution in [0, 0.1) is 17.2 Å². The average Bonchev–Trinajstić information content (AvgIpc) is 2.76. The summed E-state index contributed by atoms with van der Waals surface area (Å²) in [7, 11) is -0.750. The minimum absolute atomic E-state index is 0.0134. The summed E-state index contributed by atoms with van der Waals surface area (Å²) in [4.78, 5) is 26.9. The second-order valence-corrected chi connectivity index (χ2v) is 13.8. The van der Waals surface area contributed by atoms with Gasteiger partial charge in [0.2, 0.25) is 5.78 Å². The highest BCUT2D eigenvalue weighted by atomic mass is 28.4. The summed E-state index contributed by atoms with van der Waals surface area (Å²) in [6.45, 7) is 8.07. The van der Waals surface area contributed by atoms with Gasteiger partial charge in [0.25, 0.3) is 0 Å². The summed E-state index contributed by atoms with van der Waals surface area (Å²) in [5, 5.41) is 21.7. The van der Waals surface area contributed by atoms with Crippen molar-refractivity contribution < 1.29 is 23.9 Å². The number of hydrogen-bond acceptors (Lipinski definition) is 6. The van der Waals surface area contributed by atoms with E-state index in [-0.39, 0.29) is 39.7 Å². The van der Waals surface area contributed by atoms with E-state index in [1.54, 1.807) is 24.3 Å². The Kier molecular flexibility index (Phi) is 5.27. The third-order valence-corrected chi connectivity index (χ3v) is 7.37. The molecule has 4 rings (SSSR count). The Balaban J connectivity index is 2.02. The number of carbonyl (C=O) groups is 2. The molecule has 0 heterocycles. The van der Waals surface area contributed by atoms with Gasteiger partial charge in [-0.05, 0) is 51.0 Å². The van der Waals surface area contributed by atoms with E-state index < -0.39 is 19.7 Å². The molecule has 0 saturated carbocycles. The molecule has 6 nitrogen and oxygen atoms in total. The number of phenolic OH excluding ortho intramolecular Hbond substituents is 1. The van der Waals surface area contributed by atoms with E-state index in [0.29, 0.717) is 29.7 Å². The van der Waals surface area contributed by atoms with Crippen molar-refractivity contribution in [3.05, 3.63) is 57.6 Å². The van der Waals surface area contributed by atoms with Crippen molar-refractivity contribution in [3.8, 4) is 17.6 Å². The number of nitrogens with zero attached hydrogens (tertiary/aromatic N) is 1. The molecular weight excluding hydrogens is 422 g/mol. The molecular formula is C25H27NO5Si. The molecule has 2 aliphatic carbocycles. The van der Waals surface area contributed by atoms with E-state index in [0.717, 1.165) is 6.42 Å². The summed E-state index contributed by atoms with van der Waals surface area (Å²) < 4.78 is 11.8. The number of methoxy groups -OCH3 is 1. The maximum atomic E-state index is 13.5. The lowest BCUT2D eigenvalue weighted by atomic mass is 9.68. The maximum Gasteiger partial charge on any atom is 0.201 e. The number of rotatable bonds is 4. The SMILES string of the molecule is CC[C@@H]1CCc2c(cc3c(c2O)C(=O)c2c(OC)cccc2C3=O)C1(C#N)O[Si](C)(C)C. The number of aromatic hydroxyl groups is 1. The van der Waals surface area contributed by atoms with Crippen LogP contribution < -0.4 is 4.74 Å².